The third-order valence-electron chi connectivity index (χ3n) is 3.68. The number of hydrogen-bond acceptors (Lipinski definition) is 4. The summed E-state index contributed by atoms with van der Waals surface area (Å²) in [5.74, 6) is 1.31. The van der Waals surface area contributed by atoms with Crippen LogP contribution in [0.15, 0.2) is 48.5 Å². The Morgan fingerprint density at radius 1 is 1.08 bits per heavy atom. The average Bonchev–Trinajstić information content (AvgIpc) is 2.97. The van der Waals surface area contributed by atoms with E-state index in [1.165, 1.54) is 5.56 Å². The number of nitrogens with one attached hydrogen (secondary N) is 1. The number of aryl methyl sites for hydroxylation is 1. The van der Waals surface area contributed by atoms with Crippen LogP contribution in [0.4, 0.5) is 0 Å². The lowest BCUT2D eigenvalue weighted by atomic mass is 10.1. The molecule has 0 aliphatic carbocycles. The van der Waals surface area contributed by atoms with Crippen LogP contribution in [0.2, 0.25) is 10.2 Å². The Kier molecular flexibility index (Phi) is 6.14. The molecular weight excluding hydrogens is 391 g/mol. The molecule has 0 radical (unpaired) electrons. The van der Waals surface area contributed by atoms with E-state index in [0.29, 0.717) is 17.8 Å². The van der Waals surface area contributed by atoms with E-state index >= 15 is 0 Å². The topological polar surface area (TPSA) is 51.2 Å². The van der Waals surface area contributed by atoms with Crippen LogP contribution in [0.5, 0.6) is 11.5 Å². The molecule has 0 unspecified atom stereocenters. The van der Waals surface area contributed by atoms with Crippen LogP contribution in [0.3, 0.4) is 0 Å². The number of carbonyl (C=O) groups is 1. The molecule has 3 rings (SSSR count). The van der Waals surface area contributed by atoms with Gasteiger partial charge in [-0.05, 0) is 54.7 Å². The largest absolute Gasteiger partial charge is 0.457 e. The molecule has 3 aromatic rings. The summed E-state index contributed by atoms with van der Waals surface area (Å²) in [5, 5.41) is 3.18. The van der Waals surface area contributed by atoms with Crippen molar-refractivity contribution in [2.75, 3.05) is 6.54 Å². The van der Waals surface area contributed by atoms with Gasteiger partial charge in [0.1, 0.15) is 21.4 Å². The van der Waals surface area contributed by atoms with E-state index in [4.69, 9.17) is 27.9 Å². The lowest BCUT2D eigenvalue weighted by Gasteiger charge is -2.08. The van der Waals surface area contributed by atoms with Crippen LogP contribution < -0.4 is 10.1 Å². The number of hydrogen-bond donors (Lipinski definition) is 1. The van der Waals surface area contributed by atoms with Gasteiger partial charge < -0.3 is 10.1 Å². The third kappa shape index (κ3) is 4.75. The maximum absolute atomic E-state index is 12.0. The predicted octanol–water partition coefficient (Wildman–Crippen LogP) is 5.52. The summed E-state index contributed by atoms with van der Waals surface area (Å²) in [4.78, 5) is 12.4. The van der Waals surface area contributed by atoms with Gasteiger partial charge in [0.05, 0.1) is 0 Å². The van der Waals surface area contributed by atoms with Crippen LogP contribution in [-0.4, -0.2) is 16.8 Å². The summed E-state index contributed by atoms with van der Waals surface area (Å²) in [6, 6.07) is 15.7. The number of carbonyl (C=O) groups excluding carboxylic acids is 1. The normalized spacial score (nSPS) is 10.6. The van der Waals surface area contributed by atoms with Crippen molar-refractivity contribution in [3.63, 3.8) is 0 Å². The summed E-state index contributed by atoms with van der Waals surface area (Å²) in [7, 11) is 0. The van der Waals surface area contributed by atoms with Gasteiger partial charge in [0.15, 0.2) is 5.15 Å². The first-order valence-electron chi connectivity index (χ1n) is 7.95. The van der Waals surface area contributed by atoms with Crippen LogP contribution in [-0.2, 0) is 6.42 Å². The molecule has 0 saturated heterocycles. The standard InChI is InChI=1S/C19H16Cl2N2O2S/c1-12-2-6-14(7-3-12)25-15-8-4-13(5-9-15)10-11-22-19(24)17-16(20)18(21)23-26-17/h2-9H,10-11H2,1H3,(H,22,24). The Morgan fingerprint density at radius 3 is 2.27 bits per heavy atom. The lowest BCUT2D eigenvalue weighted by Crippen LogP contribution is -2.25. The van der Waals surface area contributed by atoms with Gasteiger partial charge in [-0.15, -0.1) is 0 Å². The molecule has 0 spiro atoms. The molecule has 1 aromatic heterocycles. The maximum Gasteiger partial charge on any atom is 0.264 e. The summed E-state index contributed by atoms with van der Waals surface area (Å²) in [6.07, 6.45) is 0.695. The molecule has 26 heavy (non-hydrogen) atoms. The molecule has 0 aliphatic heterocycles. The molecule has 1 N–H and O–H groups in total. The van der Waals surface area contributed by atoms with E-state index in [-0.39, 0.29) is 16.1 Å². The highest BCUT2D eigenvalue weighted by molar-refractivity contribution is 7.09. The molecule has 134 valence electrons. The SMILES string of the molecule is Cc1ccc(Oc2ccc(CCNC(=O)c3snc(Cl)c3Cl)cc2)cc1. The van der Waals surface area contributed by atoms with Gasteiger partial charge in [-0.3, -0.25) is 4.79 Å². The van der Waals surface area contributed by atoms with Crippen LogP contribution in [0, 0.1) is 6.92 Å². The van der Waals surface area contributed by atoms with E-state index in [2.05, 4.69) is 9.69 Å². The van der Waals surface area contributed by atoms with Gasteiger partial charge in [0.2, 0.25) is 0 Å². The van der Waals surface area contributed by atoms with Crippen LogP contribution in [0.1, 0.15) is 20.8 Å². The van der Waals surface area contributed by atoms with Crippen molar-refractivity contribution in [1.29, 1.82) is 0 Å². The van der Waals surface area contributed by atoms with Crippen molar-refractivity contribution in [2.24, 2.45) is 0 Å². The first kappa shape index (κ1) is 18.7. The highest BCUT2D eigenvalue weighted by Crippen LogP contribution is 2.28. The second-order valence-electron chi connectivity index (χ2n) is 5.68. The second kappa shape index (κ2) is 8.54. The number of amides is 1. The van der Waals surface area contributed by atoms with Crippen molar-refractivity contribution < 1.29 is 9.53 Å². The minimum absolute atomic E-state index is 0.158. The Hall–Kier alpha value is -2.08. The Morgan fingerprint density at radius 2 is 1.69 bits per heavy atom. The van der Waals surface area contributed by atoms with E-state index in [1.54, 1.807) is 0 Å². The first-order chi connectivity index (χ1) is 12.5. The monoisotopic (exact) mass is 406 g/mol. The number of ether oxygens (including phenoxy) is 1. The summed E-state index contributed by atoms with van der Waals surface area (Å²) in [5.41, 5.74) is 2.28. The number of rotatable bonds is 6. The van der Waals surface area contributed by atoms with Gasteiger partial charge in [-0.25, -0.2) is 0 Å². The Labute approximate surface area is 165 Å². The second-order valence-corrected chi connectivity index (χ2v) is 7.19. The summed E-state index contributed by atoms with van der Waals surface area (Å²) in [6.45, 7) is 2.53. The van der Waals surface area contributed by atoms with Crippen LogP contribution >= 0.6 is 34.7 Å². The first-order valence-corrected chi connectivity index (χ1v) is 9.48. The van der Waals surface area contributed by atoms with Crippen molar-refractivity contribution in [3.8, 4) is 11.5 Å². The minimum atomic E-state index is -0.265. The predicted molar refractivity (Wildman–Crippen MR) is 106 cm³/mol. The molecular formula is C19H16Cl2N2O2S. The van der Waals surface area contributed by atoms with Gasteiger partial charge in [0.25, 0.3) is 5.91 Å². The van der Waals surface area contributed by atoms with Crippen molar-refractivity contribution in [3.05, 3.63) is 74.7 Å². The van der Waals surface area contributed by atoms with E-state index in [9.17, 15) is 4.79 Å². The molecule has 0 aliphatic rings. The number of halogens is 2. The molecule has 7 heteroatoms. The van der Waals surface area contributed by atoms with Crippen molar-refractivity contribution in [2.45, 2.75) is 13.3 Å². The molecule has 0 atom stereocenters. The van der Waals surface area contributed by atoms with Crippen LogP contribution in [0.25, 0.3) is 0 Å². The summed E-state index contributed by atoms with van der Waals surface area (Å²) < 4.78 is 9.65. The zero-order chi connectivity index (χ0) is 18.5. The number of aromatic nitrogens is 1. The fourth-order valence-electron chi connectivity index (χ4n) is 2.27. The highest BCUT2D eigenvalue weighted by Gasteiger charge is 2.16. The smallest absolute Gasteiger partial charge is 0.264 e. The lowest BCUT2D eigenvalue weighted by molar-refractivity contribution is 0.0958. The van der Waals surface area contributed by atoms with E-state index in [1.807, 2.05) is 55.5 Å². The third-order valence-corrected chi connectivity index (χ3v) is 5.48. The average molecular weight is 407 g/mol. The Bertz CT molecular complexity index is 893. The van der Waals surface area contributed by atoms with E-state index < -0.39 is 0 Å². The van der Waals surface area contributed by atoms with Crippen molar-refractivity contribution in [1.82, 2.24) is 9.69 Å². The molecule has 0 bridgehead atoms. The summed E-state index contributed by atoms with van der Waals surface area (Å²) >= 11 is 12.7. The van der Waals surface area contributed by atoms with Crippen molar-refractivity contribution >= 4 is 40.6 Å². The number of nitrogens with zero attached hydrogens (tertiary/aromatic N) is 1. The fourth-order valence-corrected chi connectivity index (χ4v) is 3.40. The number of benzene rings is 2. The van der Waals surface area contributed by atoms with Gasteiger partial charge >= 0.3 is 0 Å². The highest BCUT2D eigenvalue weighted by atomic mass is 35.5. The molecule has 0 saturated carbocycles. The quantitative estimate of drug-likeness (QED) is 0.585. The van der Waals surface area contributed by atoms with Gasteiger partial charge in [0, 0.05) is 6.54 Å². The molecule has 1 amide bonds. The fraction of sp³-hybridized carbons (Fsp3) is 0.158. The van der Waals surface area contributed by atoms with Gasteiger partial charge in [-0.1, -0.05) is 53.0 Å². The Balaban J connectivity index is 1.50. The maximum atomic E-state index is 12.0. The minimum Gasteiger partial charge on any atom is -0.457 e. The zero-order valence-electron chi connectivity index (χ0n) is 14.0. The van der Waals surface area contributed by atoms with Gasteiger partial charge in [-0.2, -0.15) is 4.37 Å². The molecule has 2 aromatic carbocycles. The van der Waals surface area contributed by atoms with E-state index in [0.717, 1.165) is 28.6 Å². The molecule has 4 nitrogen and oxygen atoms in total. The molecule has 0 fully saturated rings. The zero-order valence-corrected chi connectivity index (χ0v) is 16.3. The molecule has 1 heterocycles.